The van der Waals surface area contributed by atoms with Gasteiger partial charge in [0.05, 0.1) is 23.5 Å². The molecule has 0 aliphatic carbocycles. The number of hydrogen-bond acceptors (Lipinski definition) is 5. The number of carbonyl (C=O) groups is 1. The number of hydrogen-bond donors (Lipinski definition) is 1. The Morgan fingerprint density at radius 2 is 1.96 bits per heavy atom. The van der Waals surface area contributed by atoms with E-state index < -0.39 is 4.92 Å². The molecule has 2 rings (SSSR count). The number of ether oxygens (including phenoxy) is 1. The van der Waals surface area contributed by atoms with Crippen molar-refractivity contribution in [2.45, 2.75) is 12.7 Å². The molecule has 0 heterocycles. The van der Waals surface area contributed by atoms with E-state index in [0.717, 1.165) is 11.3 Å². The highest BCUT2D eigenvalue weighted by molar-refractivity contribution is 7.99. The monoisotopic (exact) mass is 346 g/mol. The largest absolute Gasteiger partial charge is 0.495 e. The van der Waals surface area contributed by atoms with E-state index in [1.165, 1.54) is 42.6 Å². The summed E-state index contributed by atoms with van der Waals surface area (Å²) in [6.07, 6.45) is 0. The van der Waals surface area contributed by atoms with Crippen molar-refractivity contribution < 1.29 is 14.5 Å². The van der Waals surface area contributed by atoms with Crippen molar-refractivity contribution in [1.29, 1.82) is 0 Å². The van der Waals surface area contributed by atoms with Gasteiger partial charge >= 0.3 is 0 Å². The second kappa shape index (κ2) is 8.35. The van der Waals surface area contributed by atoms with Crippen LogP contribution in [0.4, 0.5) is 11.4 Å². The minimum absolute atomic E-state index is 0.0987. The molecule has 0 fully saturated rings. The van der Waals surface area contributed by atoms with Crippen molar-refractivity contribution in [3.8, 4) is 5.75 Å². The number of anilines is 1. The summed E-state index contributed by atoms with van der Waals surface area (Å²) < 4.78 is 5.12. The summed E-state index contributed by atoms with van der Waals surface area (Å²) in [6, 6.07) is 12.2. The van der Waals surface area contributed by atoms with Gasteiger partial charge in [-0.1, -0.05) is 29.8 Å². The maximum absolute atomic E-state index is 12.0. The summed E-state index contributed by atoms with van der Waals surface area (Å²) in [4.78, 5) is 22.4. The van der Waals surface area contributed by atoms with Crippen molar-refractivity contribution in [1.82, 2.24) is 0 Å². The van der Waals surface area contributed by atoms with Gasteiger partial charge in [-0.3, -0.25) is 14.9 Å². The fourth-order valence-corrected chi connectivity index (χ4v) is 2.83. The minimum Gasteiger partial charge on any atom is -0.495 e. The van der Waals surface area contributed by atoms with Gasteiger partial charge in [0.25, 0.3) is 5.69 Å². The van der Waals surface area contributed by atoms with Crippen molar-refractivity contribution in [2.24, 2.45) is 0 Å². The molecular formula is C17H18N2O4S. The number of non-ortho nitro benzene ring substituents is 1. The molecule has 2 aromatic rings. The van der Waals surface area contributed by atoms with Crippen molar-refractivity contribution in [3.63, 3.8) is 0 Å². The number of carbonyl (C=O) groups excluding carboxylic acids is 1. The number of amides is 1. The Morgan fingerprint density at radius 1 is 1.25 bits per heavy atom. The van der Waals surface area contributed by atoms with Gasteiger partial charge < -0.3 is 10.1 Å². The van der Waals surface area contributed by atoms with Crippen molar-refractivity contribution in [2.75, 3.05) is 18.2 Å². The highest BCUT2D eigenvalue weighted by Gasteiger charge is 2.13. The highest BCUT2D eigenvalue weighted by Crippen LogP contribution is 2.29. The van der Waals surface area contributed by atoms with E-state index >= 15 is 0 Å². The van der Waals surface area contributed by atoms with Crippen LogP contribution in [0.25, 0.3) is 0 Å². The first-order valence-electron chi connectivity index (χ1n) is 7.25. The van der Waals surface area contributed by atoms with E-state index in [9.17, 15) is 14.9 Å². The molecule has 0 bridgehead atoms. The van der Waals surface area contributed by atoms with E-state index in [1.807, 2.05) is 31.2 Å². The molecule has 1 N–H and O–H groups in total. The normalized spacial score (nSPS) is 10.2. The molecule has 2 aromatic carbocycles. The zero-order valence-corrected chi connectivity index (χ0v) is 14.3. The number of nitrogens with zero attached hydrogens (tertiary/aromatic N) is 1. The van der Waals surface area contributed by atoms with Crippen molar-refractivity contribution in [3.05, 3.63) is 63.7 Å². The summed E-state index contributed by atoms with van der Waals surface area (Å²) in [5, 5.41) is 13.5. The molecular weight excluding hydrogens is 328 g/mol. The molecule has 7 heteroatoms. The molecule has 0 unspecified atom stereocenters. The summed E-state index contributed by atoms with van der Waals surface area (Å²) >= 11 is 1.48. The number of rotatable bonds is 7. The van der Waals surface area contributed by atoms with Crippen LogP contribution in [0.5, 0.6) is 5.75 Å². The van der Waals surface area contributed by atoms with Gasteiger partial charge in [0.15, 0.2) is 0 Å². The second-order valence-electron chi connectivity index (χ2n) is 5.17. The Hall–Kier alpha value is -2.54. The zero-order chi connectivity index (χ0) is 17.5. The van der Waals surface area contributed by atoms with E-state index in [2.05, 4.69) is 5.32 Å². The predicted octanol–water partition coefficient (Wildman–Crippen LogP) is 3.78. The average Bonchev–Trinajstić information content (AvgIpc) is 2.56. The topological polar surface area (TPSA) is 81.5 Å². The van der Waals surface area contributed by atoms with E-state index in [0.29, 0.717) is 11.4 Å². The molecule has 0 aliphatic heterocycles. The number of benzene rings is 2. The van der Waals surface area contributed by atoms with Crippen LogP contribution in [0.2, 0.25) is 0 Å². The Morgan fingerprint density at radius 3 is 2.58 bits per heavy atom. The molecule has 0 saturated heterocycles. The van der Waals surface area contributed by atoms with Gasteiger partial charge in [-0.15, -0.1) is 11.8 Å². The maximum Gasteiger partial charge on any atom is 0.271 e. The molecule has 0 aromatic heterocycles. The Bertz CT molecular complexity index is 732. The third kappa shape index (κ3) is 4.99. The van der Waals surface area contributed by atoms with Crippen LogP contribution in [0.3, 0.4) is 0 Å². The third-order valence-electron chi connectivity index (χ3n) is 3.29. The van der Waals surface area contributed by atoms with Crippen LogP contribution in [0.1, 0.15) is 11.1 Å². The lowest BCUT2D eigenvalue weighted by Crippen LogP contribution is -2.15. The number of methoxy groups -OCH3 is 1. The number of nitro groups is 1. The Labute approximate surface area is 144 Å². The molecule has 0 radical (unpaired) electrons. The van der Waals surface area contributed by atoms with Gasteiger partial charge in [0, 0.05) is 17.9 Å². The van der Waals surface area contributed by atoms with Crippen LogP contribution in [0, 0.1) is 17.0 Å². The molecule has 0 saturated carbocycles. The molecule has 24 heavy (non-hydrogen) atoms. The molecule has 0 spiro atoms. The SMILES string of the molecule is COc1ccc([N+](=O)[O-])cc1NC(=O)CSCc1ccc(C)cc1. The number of thioether (sulfide) groups is 1. The summed E-state index contributed by atoms with van der Waals surface area (Å²) in [6.45, 7) is 2.02. The first kappa shape index (κ1) is 17.8. The van der Waals surface area contributed by atoms with E-state index in [1.54, 1.807) is 0 Å². The lowest BCUT2D eigenvalue weighted by molar-refractivity contribution is -0.384. The van der Waals surface area contributed by atoms with E-state index in [-0.39, 0.29) is 17.3 Å². The van der Waals surface area contributed by atoms with Crippen molar-refractivity contribution >= 4 is 29.0 Å². The van der Waals surface area contributed by atoms with Crippen LogP contribution < -0.4 is 10.1 Å². The molecule has 1 amide bonds. The first-order valence-corrected chi connectivity index (χ1v) is 8.40. The first-order chi connectivity index (χ1) is 11.5. The number of aryl methyl sites for hydroxylation is 1. The van der Waals surface area contributed by atoms with E-state index in [4.69, 9.17) is 4.74 Å². The molecule has 126 valence electrons. The summed E-state index contributed by atoms with van der Waals surface area (Å²) in [7, 11) is 1.45. The maximum atomic E-state index is 12.0. The summed E-state index contributed by atoms with van der Waals surface area (Å²) in [5.41, 5.74) is 2.54. The van der Waals surface area contributed by atoms with Crippen LogP contribution in [-0.2, 0) is 10.5 Å². The van der Waals surface area contributed by atoms with Gasteiger partial charge in [0.2, 0.25) is 5.91 Å². The number of nitrogens with one attached hydrogen (secondary N) is 1. The van der Waals surface area contributed by atoms with Crippen LogP contribution >= 0.6 is 11.8 Å². The number of nitro benzene ring substituents is 1. The third-order valence-corrected chi connectivity index (χ3v) is 4.29. The fourth-order valence-electron chi connectivity index (χ4n) is 2.04. The quantitative estimate of drug-likeness (QED) is 0.609. The molecule has 6 nitrogen and oxygen atoms in total. The van der Waals surface area contributed by atoms with Crippen LogP contribution in [-0.4, -0.2) is 23.7 Å². The lowest BCUT2D eigenvalue weighted by atomic mass is 10.2. The second-order valence-corrected chi connectivity index (χ2v) is 6.15. The minimum atomic E-state index is -0.513. The average molecular weight is 346 g/mol. The smallest absolute Gasteiger partial charge is 0.271 e. The lowest BCUT2D eigenvalue weighted by Gasteiger charge is -2.10. The Balaban J connectivity index is 1.93. The van der Waals surface area contributed by atoms with Crippen LogP contribution in [0.15, 0.2) is 42.5 Å². The zero-order valence-electron chi connectivity index (χ0n) is 13.4. The van der Waals surface area contributed by atoms with Gasteiger partial charge in [-0.05, 0) is 18.6 Å². The summed E-state index contributed by atoms with van der Waals surface area (Å²) in [5.74, 6) is 1.13. The Kier molecular flexibility index (Phi) is 6.20. The predicted molar refractivity (Wildman–Crippen MR) is 95.6 cm³/mol. The molecule has 0 aliphatic rings. The van der Waals surface area contributed by atoms with Gasteiger partial charge in [-0.25, -0.2) is 0 Å². The fraction of sp³-hybridized carbons (Fsp3) is 0.235. The highest BCUT2D eigenvalue weighted by atomic mass is 32.2. The molecule has 0 atom stereocenters. The standard InChI is InChI=1S/C17H18N2O4S/c1-12-3-5-13(6-4-12)10-24-11-17(20)18-15-9-14(19(21)22)7-8-16(15)23-2/h3-9H,10-11H2,1-2H3,(H,18,20). The van der Waals surface area contributed by atoms with Gasteiger partial charge in [-0.2, -0.15) is 0 Å². The van der Waals surface area contributed by atoms with Gasteiger partial charge in [0.1, 0.15) is 5.75 Å².